The topological polar surface area (TPSA) is 93.5 Å². The number of nitrogens with one attached hydrogen (secondary N) is 2. The van der Waals surface area contributed by atoms with E-state index in [1.54, 1.807) is 6.07 Å². The molecule has 0 saturated heterocycles. The molecule has 172 valence electrons. The Morgan fingerprint density at radius 2 is 1.79 bits per heavy atom. The maximum atomic E-state index is 13.1. The molecule has 1 aromatic heterocycles. The molecule has 7 nitrogen and oxygen atoms in total. The van der Waals surface area contributed by atoms with Crippen molar-refractivity contribution in [1.29, 1.82) is 0 Å². The predicted octanol–water partition coefficient (Wildman–Crippen LogP) is 4.13. The average Bonchev–Trinajstić information content (AvgIpc) is 3.34. The predicted molar refractivity (Wildman–Crippen MR) is 123 cm³/mol. The molecular formula is C26H29N3O4. The van der Waals surface area contributed by atoms with Crippen LogP contribution in [0.5, 0.6) is 5.75 Å². The number of benzene rings is 2. The van der Waals surface area contributed by atoms with Crippen molar-refractivity contribution in [3.8, 4) is 5.75 Å². The van der Waals surface area contributed by atoms with Gasteiger partial charge in [-0.1, -0.05) is 54.0 Å². The van der Waals surface area contributed by atoms with Gasteiger partial charge >= 0.3 is 0 Å². The molecule has 1 heterocycles. The molecule has 2 aromatic carbocycles. The molecule has 2 atom stereocenters. The van der Waals surface area contributed by atoms with Crippen molar-refractivity contribution >= 4 is 11.8 Å². The molecule has 1 fully saturated rings. The molecule has 4 rings (SSSR count). The fourth-order valence-electron chi connectivity index (χ4n) is 3.70. The van der Waals surface area contributed by atoms with Gasteiger partial charge in [-0.15, -0.1) is 0 Å². The number of aromatic nitrogens is 1. The van der Waals surface area contributed by atoms with E-state index in [9.17, 15) is 9.59 Å². The van der Waals surface area contributed by atoms with Gasteiger partial charge in [-0.2, -0.15) is 0 Å². The van der Waals surface area contributed by atoms with Crippen molar-refractivity contribution < 1.29 is 18.8 Å². The van der Waals surface area contributed by atoms with Crippen LogP contribution in [0.4, 0.5) is 0 Å². The van der Waals surface area contributed by atoms with Gasteiger partial charge in [0.15, 0.2) is 0 Å². The van der Waals surface area contributed by atoms with Gasteiger partial charge in [0.25, 0.3) is 0 Å². The van der Waals surface area contributed by atoms with E-state index in [4.69, 9.17) is 9.26 Å². The van der Waals surface area contributed by atoms with Crippen LogP contribution >= 0.6 is 0 Å². The molecule has 0 radical (unpaired) electrons. The number of hydrogen-bond acceptors (Lipinski definition) is 5. The second-order valence-corrected chi connectivity index (χ2v) is 8.46. The summed E-state index contributed by atoms with van der Waals surface area (Å²) in [7, 11) is 0. The third-order valence-electron chi connectivity index (χ3n) is 6.10. The summed E-state index contributed by atoms with van der Waals surface area (Å²) in [6.07, 6.45) is 5.17. The minimum Gasteiger partial charge on any atom is -0.493 e. The van der Waals surface area contributed by atoms with Crippen LogP contribution in [-0.2, 0) is 16.1 Å². The van der Waals surface area contributed by atoms with Gasteiger partial charge in [0.1, 0.15) is 23.7 Å². The zero-order valence-corrected chi connectivity index (χ0v) is 18.7. The summed E-state index contributed by atoms with van der Waals surface area (Å²) in [6, 6.07) is 17.7. The number of amides is 2. The second-order valence-electron chi connectivity index (χ2n) is 8.46. The van der Waals surface area contributed by atoms with Crippen LogP contribution < -0.4 is 15.4 Å². The molecule has 0 bridgehead atoms. The van der Waals surface area contributed by atoms with Gasteiger partial charge < -0.3 is 19.9 Å². The lowest BCUT2D eigenvalue weighted by molar-refractivity contribution is -0.129. The number of hydrogen-bond donors (Lipinski definition) is 2. The largest absolute Gasteiger partial charge is 0.493 e. The molecule has 3 aromatic rings. The Bertz CT molecular complexity index is 1030. The summed E-state index contributed by atoms with van der Waals surface area (Å²) in [4.78, 5) is 26.1. The highest BCUT2D eigenvalue weighted by Crippen LogP contribution is 2.27. The van der Waals surface area contributed by atoms with Gasteiger partial charge in [-0.3, -0.25) is 9.59 Å². The van der Waals surface area contributed by atoms with E-state index in [1.165, 1.54) is 25.5 Å². The summed E-state index contributed by atoms with van der Waals surface area (Å²) >= 11 is 0. The summed E-state index contributed by atoms with van der Waals surface area (Å²) in [5.41, 5.74) is 2.17. The Hall–Kier alpha value is -3.61. The third-order valence-corrected chi connectivity index (χ3v) is 6.10. The highest BCUT2D eigenvalue weighted by atomic mass is 16.5. The summed E-state index contributed by atoms with van der Waals surface area (Å²) in [6.45, 7) is 2.75. The minimum atomic E-state index is -0.851. The highest BCUT2D eigenvalue weighted by Gasteiger charge is 2.26. The normalized spacial score (nSPS) is 15.2. The first-order valence-corrected chi connectivity index (χ1v) is 11.3. The van der Waals surface area contributed by atoms with Crippen LogP contribution in [0.3, 0.4) is 0 Å². The van der Waals surface area contributed by atoms with E-state index >= 15 is 0 Å². The number of rotatable bonds is 10. The van der Waals surface area contributed by atoms with Crippen molar-refractivity contribution in [3.05, 3.63) is 83.7 Å². The monoisotopic (exact) mass is 447 g/mol. The molecule has 7 heteroatoms. The van der Waals surface area contributed by atoms with E-state index < -0.39 is 12.0 Å². The fraction of sp³-hybridized carbons (Fsp3) is 0.346. The molecule has 0 aliphatic heterocycles. The lowest BCUT2D eigenvalue weighted by atomic mass is 9.86. The molecule has 0 unspecified atom stereocenters. The number of carbonyl (C=O) groups excluding carboxylic acids is 2. The summed E-state index contributed by atoms with van der Waals surface area (Å²) in [5.74, 6) is 0.444. The molecular weight excluding hydrogens is 418 g/mol. The Morgan fingerprint density at radius 3 is 2.42 bits per heavy atom. The first kappa shape index (κ1) is 22.6. The Labute approximate surface area is 193 Å². The number of carbonyl (C=O) groups is 2. The Kier molecular flexibility index (Phi) is 7.40. The van der Waals surface area contributed by atoms with Crippen molar-refractivity contribution in [2.75, 3.05) is 6.61 Å². The summed E-state index contributed by atoms with van der Waals surface area (Å²) < 4.78 is 10.7. The van der Waals surface area contributed by atoms with Gasteiger partial charge in [-0.25, -0.2) is 0 Å². The van der Waals surface area contributed by atoms with E-state index in [-0.39, 0.29) is 18.4 Å². The van der Waals surface area contributed by atoms with Crippen molar-refractivity contribution in [3.63, 3.8) is 0 Å². The lowest BCUT2D eigenvalue weighted by Crippen LogP contribution is -2.41. The lowest BCUT2D eigenvalue weighted by Gasteiger charge is -2.25. The van der Waals surface area contributed by atoms with Crippen LogP contribution in [-0.4, -0.2) is 23.6 Å². The summed E-state index contributed by atoms with van der Waals surface area (Å²) in [5, 5.41) is 9.56. The molecule has 1 aliphatic carbocycles. The number of ether oxygens (including phenoxy) is 1. The van der Waals surface area contributed by atoms with E-state index in [1.807, 2.05) is 61.5 Å². The van der Waals surface area contributed by atoms with Crippen LogP contribution in [0.1, 0.15) is 55.0 Å². The fourth-order valence-corrected chi connectivity index (χ4v) is 3.70. The van der Waals surface area contributed by atoms with Crippen molar-refractivity contribution in [2.45, 2.75) is 44.7 Å². The molecule has 1 saturated carbocycles. The zero-order valence-electron chi connectivity index (χ0n) is 18.7. The maximum Gasteiger partial charge on any atom is 0.247 e. The van der Waals surface area contributed by atoms with Crippen LogP contribution in [0, 0.1) is 5.92 Å². The maximum absolute atomic E-state index is 13.1. The van der Waals surface area contributed by atoms with Gasteiger partial charge in [0.05, 0.1) is 19.1 Å². The molecule has 0 spiro atoms. The minimum absolute atomic E-state index is 0.207. The Morgan fingerprint density at radius 1 is 1.03 bits per heavy atom. The van der Waals surface area contributed by atoms with Crippen LogP contribution in [0.15, 0.2) is 71.4 Å². The SMILES string of the molecule is C[C@H](C(=O)N[C@@H](C(=O)NCc1ccon1)c1ccc(OCC2CCC2)cc1)c1ccccc1. The second kappa shape index (κ2) is 10.8. The van der Waals surface area contributed by atoms with E-state index in [0.29, 0.717) is 23.8 Å². The first-order valence-electron chi connectivity index (χ1n) is 11.3. The Balaban J connectivity index is 1.46. The van der Waals surface area contributed by atoms with Gasteiger partial charge in [0.2, 0.25) is 11.8 Å². The van der Waals surface area contributed by atoms with E-state index in [2.05, 4.69) is 15.8 Å². The average molecular weight is 448 g/mol. The van der Waals surface area contributed by atoms with Crippen molar-refractivity contribution in [1.82, 2.24) is 15.8 Å². The van der Waals surface area contributed by atoms with E-state index in [0.717, 1.165) is 11.3 Å². The smallest absolute Gasteiger partial charge is 0.247 e. The highest BCUT2D eigenvalue weighted by molar-refractivity contribution is 5.91. The van der Waals surface area contributed by atoms with Gasteiger partial charge in [-0.05, 0) is 48.9 Å². The third kappa shape index (κ3) is 6.00. The zero-order chi connectivity index (χ0) is 23.0. The molecule has 1 aliphatic rings. The van der Waals surface area contributed by atoms with Gasteiger partial charge in [0, 0.05) is 6.07 Å². The number of nitrogens with zero attached hydrogens (tertiary/aromatic N) is 1. The molecule has 33 heavy (non-hydrogen) atoms. The van der Waals surface area contributed by atoms with Crippen LogP contribution in [0.2, 0.25) is 0 Å². The molecule has 2 N–H and O–H groups in total. The molecule has 2 amide bonds. The standard InChI is InChI=1S/C26H29N3O4/c1-18(20-8-3-2-4-9-20)25(30)28-24(26(31)27-16-22-14-15-33-29-22)21-10-12-23(13-11-21)32-17-19-6-5-7-19/h2-4,8-15,18-19,24H,5-7,16-17H2,1H3,(H,27,31)(H,28,30)/t18-,24+/m0/s1. The van der Waals surface area contributed by atoms with Crippen LogP contribution in [0.25, 0.3) is 0 Å². The first-order chi connectivity index (χ1) is 16.1. The van der Waals surface area contributed by atoms with Crippen molar-refractivity contribution in [2.24, 2.45) is 5.92 Å². The quantitative estimate of drug-likeness (QED) is 0.487.